The summed E-state index contributed by atoms with van der Waals surface area (Å²) < 4.78 is 5.41. The Morgan fingerprint density at radius 1 is 1.67 bits per heavy atom. The summed E-state index contributed by atoms with van der Waals surface area (Å²) in [6, 6.07) is 0.485. The molecule has 0 radical (unpaired) electrons. The summed E-state index contributed by atoms with van der Waals surface area (Å²) in [7, 11) is 0. The normalized spacial score (nSPS) is 32.2. The molecule has 1 heterocycles. The molecule has 1 rings (SSSR count). The summed E-state index contributed by atoms with van der Waals surface area (Å²) in [4.78, 5) is 0. The molecule has 1 saturated heterocycles. The number of ether oxygens (including phenoxy) is 1. The lowest BCUT2D eigenvalue weighted by atomic mass is 10.1. The van der Waals surface area contributed by atoms with Crippen molar-refractivity contribution >= 4 is 0 Å². The number of rotatable bonds is 4. The van der Waals surface area contributed by atoms with Crippen LogP contribution in [0.15, 0.2) is 0 Å². The molecule has 0 spiro atoms. The van der Waals surface area contributed by atoms with Gasteiger partial charge in [0.05, 0.1) is 6.10 Å². The van der Waals surface area contributed by atoms with Gasteiger partial charge in [-0.1, -0.05) is 6.92 Å². The van der Waals surface area contributed by atoms with Crippen molar-refractivity contribution in [1.82, 2.24) is 5.32 Å². The van der Waals surface area contributed by atoms with Crippen LogP contribution in [0.5, 0.6) is 0 Å². The number of aliphatic hydroxyl groups is 1. The summed E-state index contributed by atoms with van der Waals surface area (Å²) in [5.41, 5.74) is 0. The smallest absolute Gasteiger partial charge is 0.0700 e. The van der Waals surface area contributed by atoms with Gasteiger partial charge in [0.25, 0.3) is 0 Å². The second-order valence-corrected chi connectivity index (χ2v) is 3.67. The summed E-state index contributed by atoms with van der Waals surface area (Å²) in [6.45, 7) is 6.14. The van der Waals surface area contributed by atoms with Crippen LogP contribution in [-0.2, 0) is 4.74 Å². The highest BCUT2D eigenvalue weighted by Gasteiger charge is 2.23. The largest absolute Gasteiger partial charge is 0.396 e. The van der Waals surface area contributed by atoms with E-state index in [1.807, 2.05) is 6.92 Å². The van der Waals surface area contributed by atoms with Crippen molar-refractivity contribution in [2.24, 2.45) is 5.92 Å². The van der Waals surface area contributed by atoms with Crippen molar-refractivity contribution in [3.8, 4) is 0 Å². The van der Waals surface area contributed by atoms with Crippen molar-refractivity contribution in [3.63, 3.8) is 0 Å². The summed E-state index contributed by atoms with van der Waals surface area (Å²) >= 11 is 0. The predicted molar refractivity (Wildman–Crippen MR) is 48.1 cm³/mol. The third-order valence-electron chi connectivity index (χ3n) is 2.42. The van der Waals surface area contributed by atoms with Crippen LogP contribution < -0.4 is 5.32 Å². The Labute approximate surface area is 74.1 Å². The summed E-state index contributed by atoms with van der Waals surface area (Å²) in [5, 5.41) is 12.2. The van der Waals surface area contributed by atoms with Gasteiger partial charge in [-0.05, 0) is 19.3 Å². The van der Waals surface area contributed by atoms with E-state index in [4.69, 9.17) is 9.84 Å². The third-order valence-corrected chi connectivity index (χ3v) is 2.42. The van der Waals surface area contributed by atoms with Crippen molar-refractivity contribution < 1.29 is 9.84 Å². The van der Waals surface area contributed by atoms with Gasteiger partial charge >= 0.3 is 0 Å². The molecule has 1 aliphatic heterocycles. The van der Waals surface area contributed by atoms with Crippen LogP contribution in [0.2, 0.25) is 0 Å². The molecule has 3 nitrogen and oxygen atoms in total. The van der Waals surface area contributed by atoms with Crippen LogP contribution in [0, 0.1) is 5.92 Å². The second-order valence-electron chi connectivity index (χ2n) is 3.67. The minimum absolute atomic E-state index is 0.259. The molecule has 1 aliphatic rings. The van der Waals surface area contributed by atoms with E-state index in [0.717, 1.165) is 19.6 Å². The lowest BCUT2D eigenvalue weighted by Crippen LogP contribution is -2.37. The van der Waals surface area contributed by atoms with Gasteiger partial charge in [0, 0.05) is 25.8 Å². The Balaban J connectivity index is 2.13. The van der Waals surface area contributed by atoms with E-state index in [1.54, 1.807) is 0 Å². The zero-order chi connectivity index (χ0) is 8.97. The molecular weight excluding hydrogens is 154 g/mol. The molecule has 0 bridgehead atoms. The highest BCUT2D eigenvalue weighted by atomic mass is 16.5. The summed E-state index contributed by atoms with van der Waals surface area (Å²) in [6.07, 6.45) is 1.43. The van der Waals surface area contributed by atoms with Gasteiger partial charge in [0.1, 0.15) is 0 Å². The molecule has 12 heavy (non-hydrogen) atoms. The molecule has 0 amide bonds. The number of hydrogen-bond acceptors (Lipinski definition) is 3. The van der Waals surface area contributed by atoms with Gasteiger partial charge < -0.3 is 15.2 Å². The third kappa shape index (κ3) is 2.73. The molecule has 0 aromatic rings. The second kappa shape index (κ2) is 4.80. The Bertz CT molecular complexity index is 130. The van der Waals surface area contributed by atoms with Gasteiger partial charge in [-0.3, -0.25) is 0 Å². The number of aliphatic hydroxyl groups excluding tert-OH is 1. The topological polar surface area (TPSA) is 41.5 Å². The maximum atomic E-state index is 8.80. The first kappa shape index (κ1) is 9.96. The van der Waals surface area contributed by atoms with Gasteiger partial charge in [-0.25, -0.2) is 0 Å². The summed E-state index contributed by atoms with van der Waals surface area (Å²) in [5.74, 6) is 0.345. The minimum atomic E-state index is 0.259. The fourth-order valence-corrected chi connectivity index (χ4v) is 1.42. The molecule has 2 N–H and O–H groups in total. The fraction of sp³-hybridized carbons (Fsp3) is 1.00. The molecule has 72 valence electrons. The highest BCUT2D eigenvalue weighted by molar-refractivity contribution is 4.79. The molecule has 1 fully saturated rings. The van der Waals surface area contributed by atoms with E-state index < -0.39 is 0 Å². The van der Waals surface area contributed by atoms with Crippen LogP contribution in [0.25, 0.3) is 0 Å². The maximum absolute atomic E-state index is 8.80. The van der Waals surface area contributed by atoms with E-state index in [2.05, 4.69) is 12.2 Å². The highest BCUT2D eigenvalue weighted by Crippen LogP contribution is 2.12. The molecule has 3 atom stereocenters. The van der Waals surface area contributed by atoms with Gasteiger partial charge in [-0.2, -0.15) is 0 Å². The Morgan fingerprint density at radius 2 is 2.42 bits per heavy atom. The lowest BCUT2D eigenvalue weighted by Gasteiger charge is -2.18. The quantitative estimate of drug-likeness (QED) is 0.646. The first-order chi connectivity index (χ1) is 5.74. The molecule has 0 saturated carbocycles. The van der Waals surface area contributed by atoms with E-state index in [9.17, 15) is 0 Å². The monoisotopic (exact) mass is 173 g/mol. The first-order valence-corrected chi connectivity index (χ1v) is 4.70. The van der Waals surface area contributed by atoms with E-state index in [0.29, 0.717) is 18.1 Å². The van der Waals surface area contributed by atoms with Crippen LogP contribution in [0.1, 0.15) is 20.3 Å². The molecule has 0 aromatic heterocycles. The number of hydrogen-bond donors (Lipinski definition) is 2. The zero-order valence-corrected chi connectivity index (χ0v) is 7.92. The number of nitrogens with one attached hydrogen (secondary N) is 1. The van der Waals surface area contributed by atoms with E-state index >= 15 is 0 Å². The molecule has 3 heteroatoms. The molecule has 0 aromatic carbocycles. The van der Waals surface area contributed by atoms with Crippen molar-refractivity contribution in [2.75, 3.05) is 19.8 Å². The Kier molecular flexibility index (Phi) is 3.98. The van der Waals surface area contributed by atoms with Gasteiger partial charge in [0.15, 0.2) is 0 Å². The maximum Gasteiger partial charge on any atom is 0.0700 e. The average Bonchev–Trinajstić information content (AvgIpc) is 2.47. The Morgan fingerprint density at radius 3 is 2.92 bits per heavy atom. The zero-order valence-electron chi connectivity index (χ0n) is 7.92. The van der Waals surface area contributed by atoms with Crippen molar-refractivity contribution in [2.45, 2.75) is 32.4 Å². The molecule has 3 unspecified atom stereocenters. The first-order valence-electron chi connectivity index (χ1n) is 4.70. The SMILES string of the molecule is CC(CO)CNC1CCOC1C. The Hall–Kier alpha value is -0.120. The predicted octanol–water partition coefficient (Wildman–Crippen LogP) is 0.382. The molecule has 0 aliphatic carbocycles. The van der Waals surface area contributed by atoms with E-state index in [-0.39, 0.29) is 6.61 Å². The fourth-order valence-electron chi connectivity index (χ4n) is 1.42. The molecular formula is C9H19NO2. The van der Waals surface area contributed by atoms with Crippen molar-refractivity contribution in [3.05, 3.63) is 0 Å². The van der Waals surface area contributed by atoms with Crippen LogP contribution in [0.3, 0.4) is 0 Å². The van der Waals surface area contributed by atoms with Crippen molar-refractivity contribution in [1.29, 1.82) is 0 Å². The van der Waals surface area contributed by atoms with Gasteiger partial charge in [0.2, 0.25) is 0 Å². The standard InChI is InChI=1S/C9H19NO2/c1-7(6-11)5-10-9-3-4-12-8(9)2/h7-11H,3-6H2,1-2H3. The lowest BCUT2D eigenvalue weighted by molar-refractivity contribution is 0.111. The average molecular weight is 173 g/mol. The van der Waals surface area contributed by atoms with Gasteiger partial charge in [-0.15, -0.1) is 0 Å². The van der Waals surface area contributed by atoms with Crippen LogP contribution >= 0.6 is 0 Å². The van der Waals surface area contributed by atoms with Crippen LogP contribution in [0.4, 0.5) is 0 Å². The minimum Gasteiger partial charge on any atom is -0.396 e. The van der Waals surface area contributed by atoms with E-state index in [1.165, 1.54) is 0 Å². The van der Waals surface area contributed by atoms with Crippen LogP contribution in [-0.4, -0.2) is 37.0 Å².